The van der Waals surface area contributed by atoms with Crippen LogP contribution in [-0.2, 0) is 0 Å². The molecule has 2 aliphatic rings. The van der Waals surface area contributed by atoms with E-state index in [1.54, 1.807) is 0 Å². The molecule has 2 unspecified atom stereocenters. The predicted molar refractivity (Wildman–Crippen MR) is 51.3 cm³/mol. The number of piperidine rings is 1. The third-order valence-electron chi connectivity index (χ3n) is 2.67. The molecule has 1 saturated heterocycles. The van der Waals surface area contributed by atoms with E-state index in [1.807, 2.05) is 0 Å². The molecule has 3 heteroatoms. The molecule has 0 bridgehead atoms. The lowest BCUT2D eigenvalue weighted by atomic mass is 9.93. The van der Waals surface area contributed by atoms with Gasteiger partial charge >= 0.3 is 0 Å². The first-order valence-corrected chi connectivity index (χ1v) is 4.98. The van der Waals surface area contributed by atoms with E-state index in [9.17, 15) is 8.78 Å². The van der Waals surface area contributed by atoms with Gasteiger partial charge in [-0.25, -0.2) is 8.78 Å². The third-order valence-corrected chi connectivity index (χ3v) is 2.67. The molecule has 14 heavy (non-hydrogen) atoms. The second-order valence-corrected chi connectivity index (χ2v) is 3.70. The van der Waals surface area contributed by atoms with Gasteiger partial charge in [0.2, 0.25) is 0 Å². The van der Waals surface area contributed by atoms with E-state index in [1.165, 1.54) is 6.08 Å². The standard InChI is InChI=1S/C11H13F2N/c12-8-4-5-9(10(13)7-8)11-3-1-2-6-14-11/h4,7,10-11,14H,1-3,6H2. The number of hydrogen-bond donors (Lipinski definition) is 1. The number of halogens is 2. The van der Waals surface area contributed by atoms with Crippen molar-refractivity contribution in [2.45, 2.75) is 31.5 Å². The highest BCUT2D eigenvalue weighted by atomic mass is 19.1. The second kappa shape index (κ2) is 4.07. The Labute approximate surface area is 82.2 Å². The van der Waals surface area contributed by atoms with Gasteiger partial charge in [-0.3, -0.25) is 0 Å². The monoisotopic (exact) mass is 197 g/mol. The molecule has 1 N–H and O–H groups in total. The van der Waals surface area contributed by atoms with Crippen LogP contribution in [0.3, 0.4) is 0 Å². The summed E-state index contributed by atoms with van der Waals surface area (Å²) in [6, 6.07) is 0.0411. The lowest BCUT2D eigenvalue weighted by molar-refractivity contribution is 0.368. The lowest BCUT2D eigenvalue weighted by Crippen LogP contribution is -2.37. The van der Waals surface area contributed by atoms with Crippen molar-refractivity contribution >= 4 is 0 Å². The van der Waals surface area contributed by atoms with Crippen LogP contribution in [0.4, 0.5) is 8.78 Å². The lowest BCUT2D eigenvalue weighted by Gasteiger charge is -2.26. The topological polar surface area (TPSA) is 12.0 Å². The minimum absolute atomic E-state index is 0.0411. The largest absolute Gasteiger partial charge is 0.310 e. The fraction of sp³-hybridized carbons (Fsp3) is 0.545. The highest BCUT2D eigenvalue weighted by molar-refractivity contribution is 5.31. The van der Waals surface area contributed by atoms with Crippen molar-refractivity contribution in [2.75, 3.05) is 6.54 Å². The molecule has 1 aliphatic carbocycles. The molecule has 1 nitrogen and oxygen atoms in total. The fourth-order valence-electron chi connectivity index (χ4n) is 1.92. The van der Waals surface area contributed by atoms with Gasteiger partial charge in [-0.15, -0.1) is 5.73 Å². The maximum absolute atomic E-state index is 13.4. The molecule has 0 amide bonds. The zero-order chi connectivity index (χ0) is 9.97. The first kappa shape index (κ1) is 9.63. The van der Waals surface area contributed by atoms with Crippen LogP contribution in [0.1, 0.15) is 19.3 Å². The predicted octanol–water partition coefficient (Wildman–Crippen LogP) is 2.42. The summed E-state index contributed by atoms with van der Waals surface area (Å²) >= 11 is 0. The van der Waals surface area contributed by atoms with Crippen LogP contribution in [0.25, 0.3) is 0 Å². The van der Waals surface area contributed by atoms with Gasteiger partial charge < -0.3 is 5.32 Å². The molecular weight excluding hydrogens is 184 g/mol. The average molecular weight is 197 g/mol. The summed E-state index contributed by atoms with van der Waals surface area (Å²) in [4.78, 5) is 0. The molecule has 0 aromatic carbocycles. The van der Waals surface area contributed by atoms with Gasteiger partial charge in [0.25, 0.3) is 0 Å². The number of allylic oxidation sites excluding steroid dienone is 2. The van der Waals surface area contributed by atoms with Crippen LogP contribution in [-0.4, -0.2) is 18.8 Å². The average Bonchev–Trinajstić information content (AvgIpc) is 2.19. The minimum Gasteiger partial charge on any atom is -0.310 e. The Bertz CT molecular complexity index is 307. The molecule has 0 saturated carbocycles. The Kier molecular flexibility index (Phi) is 2.80. The zero-order valence-electron chi connectivity index (χ0n) is 7.89. The highest BCUT2D eigenvalue weighted by Gasteiger charge is 2.24. The third kappa shape index (κ3) is 1.94. The van der Waals surface area contributed by atoms with Crippen molar-refractivity contribution in [1.82, 2.24) is 5.32 Å². The Morgan fingerprint density at radius 1 is 1.43 bits per heavy atom. The van der Waals surface area contributed by atoms with Crippen molar-refractivity contribution in [1.29, 1.82) is 0 Å². The van der Waals surface area contributed by atoms with Crippen LogP contribution in [0, 0.1) is 0 Å². The quantitative estimate of drug-likeness (QED) is 0.636. The Balaban J connectivity index is 2.14. The summed E-state index contributed by atoms with van der Waals surface area (Å²) in [5.74, 6) is -0.531. The highest BCUT2D eigenvalue weighted by Crippen LogP contribution is 2.23. The van der Waals surface area contributed by atoms with Crippen LogP contribution < -0.4 is 5.32 Å². The molecule has 0 radical (unpaired) electrons. The van der Waals surface area contributed by atoms with Crippen molar-refractivity contribution in [3.8, 4) is 0 Å². The number of rotatable bonds is 1. The normalized spacial score (nSPS) is 32.4. The second-order valence-electron chi connectivity index (χ2n) is 3.70. The van der Waals surface area contributed by atoms with Gasteiger partial charge in [0.05, 0.1) is 0 Å². The Hall–Kier alpha value is -0.920. The fourth-order valence-corrected chi connectivity index (χ4v) is 1.92. The van der Waals surface area contributed by atoms with Crippen LogP contribution in [0.15, 0.2) is 29.3 Å². The first-order valence-electron chi connectivity index (χ1n) is 4.98. The van der Waals surface area contributed by atoms with E-state index < -0.39 is 12.0 Å². The molecule has 1 heterocycles. The molecular formula is C11H13F2N. The van der Waals surface area contributed by atoms with Crippen LogP contribution in [0.5, 0.6) is 0 Å². The summed E-state index contributed by atoms with van der Waals surface area (Å²) in [7, 11) is 0. The molecule has 1 fully saturated rings. The van der Waals surface area contributed by atoms with Gasteiger partial charge in [0, 0.05) is 17.7 Å². The van der Waals surface area contributed by atoms with E-state index in [-0.39, 0.29) is 6.04 Å². The molecule has 76 valence electrons. The molecule has 1 aliphatic heterocycles. The number of nitrogens with one attached hydrogen (secondary N) is 1. The SMILES string of the molecule is FC1=CC(F)C(C2CCCCN2)=C=C1. The van der Waals surface area contributed by atoms with E-state index in [4.69, 9.17) is 0 Å². The van der Waals surface area contributed by atoms with Crippen molar-refractivity contribution < 1.29 is 8.78 Å². The number of alkyl halides is 1. The summed E-state index contributed by atoms with van der Waals surface area (Å²) in [5.41, 5.74) is 3.25. The van der Waals surface area contributed by atoms with Crippen molar-refractivity contribution in [2.24, 2.45) is 0 Å². The summed E-state index contributed by atoms with van der Waals surface area (Å²) in [6.07, 6.45) is 4.06. The Morgan fingerprint density at radius 2 is 2.29 bits per heavy atom. The molecule has 0 aromatic heterocycles. The molecule has 0 spiro atoms. The maximum Gasteiger partial charge on any atom is 0.151 e. The van der Waals surface area contributed by atoms with Gasteiger partial charge in [-0.1, -0.05) is 6.42 Å². The minimum atomic E-state index is -1.31. The summed E-state index contributed by atoms with van der Waals surface area (Å²) < 4.78 is 26.1. The van der Waals surface area contributed by atoms with Gasteiger partial charge in [0.15, 0.2) is 6.17 Å². The van der Waals surface area contributed by atoms with E-state index in [2.05, 4.69) is 11.0 Å². The van der Waals surface area contributed by atoms with Crippen molar-refractivity contribution in [3.63, 3.8) is 0 Å². The first-order chi connectivity index (χ1) is 6.77. The van der Waals surface area contributed by atoms with Gasteiger partial charge in [-0.2, -0.15) is 0 Å². The van der Waals surface area contributed by atoms with Crippen LogP contribution in [0.2, 0.25) is 0 Å². The smallest absolute Gasteiger partial charge is 0.151 e. The van der Waals surface area contributed by atoms with Gasteiger partial charge in [0.1, 0.15) is 5.83 Å². The summed E-state index contributed by atoms with van der Waals surface area (Å²) in [6.45, 7) is 0.911. The van der Waals surface area contributed by atoms with E-state index >= 15 is 0 Å². The number of hydrogen-bond acceptors (Lipinski definition) is 1. The van der Waals surface area contributed by atoms with E-state index in [0.717, 1.165) is 31.9 Å². The maximum atomic E-state index is 13.4. The van der Waals surface area contributed by atoms with Crippen molar-refractivity contribution in [3.05, 3.63) is 29.3 Å². The summed E-state index contributed by atoms with van der Waals surface area (Å²) in [5, 5.41) is 3.22. The van der Waals surface area contributed by atoms with Crippen LogP contribution >= 0.6 is 0 Å². The zero-order valence-corrected chi connectivity index (χ0v) is 7.89. The Morgan fingerprint density at radius 3 is 2.93 bits per heavy atom. The van der Waals surface area contributed by atoms with Gasteiger partial charge in [-0.05, 0) is 25.5 Å². The molecule has 2 atom stereocenters. The molecule has 0 aromatic rings. The molecule has 2 rings (SSSR count). The van der Waals surface area contributed by atoms with E-state index in [0.29, 0.717) is 5.57 Å².